The van der Waals surface area contributed by atoms with Crippen molar-refractivity contribution in [3.8, 4) is 0 Å². The fourth-order valence-corrected chi connectivity index (χ4v) is 2.14. The van der Waals surface area contributed by atoms with E-state index in [9.17, 15) is 9.18 Å². The highest BCUT2D eigenvalue weighted by Crippen LogP contribution is 2.10. The van der Waals surface area contributed by atoms with Gasteiger partial charge >= 0.3 is 5.97 Å². The van der Waals surface area contributed by atoms with E-state index in [0.717, 1.165) is 45.0 Å². The van der Waals surface area contributed by atoms with E-state index in [4.69, 9.17) is 9.84 Å². The Hall–Kier alpha value is -1.50. The lowest BCUT2D eigenvalue weighted by Crippen LogP contribution is -2.40. The van der Waals surface area contributed by atoms with Gasteiger partial charge in [-0.3, -0.25) is 4.90 Å². The van der Waals surface area contributed by atoms with Crippen LogP contribution in [0.15, 0.2) is 18.2 Å². The maximum Gasteiger partial charge on any atom is 0.338 e. The molecular formula is C14H19FN2O3. The zero-order valence-electron chi connectivity index (χ0n) is 11.3. The molecule has 1 aliphatic rings. The molecule has 5 nitrogen and oxygen atoms in total. The number of carboxylic acid groups (broad SMARTS) is 1. The van der Waals surface area contributed by atoms with E-state index in [1.54, 1.807) is 6.07 Å². The van der Waals surface area contributed by atoms with E-state index in [1.807, 2.05) is 0 Å². The van der Waals surface area contributed by atoms with Crippen LogP contribution in [0, 0.1) is 5.82 Å². The van der Waals surface area contributed by atoms with Gasteiger partial charge < -0.3 is 15.2 Å². The maximum absolute atomic E-state index is 13.5. The quantitative estimate of drug-likeness (QED) is 0.761. The number of rotatable bonds is 6. The molecule has 0 radical (unpaired) electrons. The molecule has 1 heterocycles. The predicted octanol–water partition coefficient (Wildman–Crippen LogP) is 0.946. The molecule has 0 spiro atoms. The summed E-state index contributed by atoms with van der Waals surface area (Å²) in [4.78, 5) is 13.0. The number of ether oxygens (including phenoxy) is 1. The van der Waals surface area contributed by atoms with Crippen LogP contribution >= 0.6 is 0 Å². The van der Waals surface area contributed by atoms with Gasteiger partial charge in [0.15, 0.2) is 0 Å². The van der Waals surface area contributed by atoms with Gasteiger partial charge in [0.25, 0.3) is 0 Å². The molecule has 0 saturated carbocycles. The number of hydrogen-bond acceptors (Lipinski definition) is 4. The number of hydrogen-bond donors (Lipinski definition) is 2. The molecule has 1 fully saturated rings. The van der Waals surface area contributed by atoms with Crippen molar-refractivity contribution in [3.63, 3.8) is 0 Å². The third-order valence-corrected chi connectivity index (χ3v) is 3.30. The van der Waals surface area contributed by atoms with Gasteiger partial charge in [0, 0.05) is 32.7 Å². The first kappa shape index (κ1) is 14.9. The average Bonchev–Trinajstić information content (AvgIpc) is 2.44. The van der Waals surface area contributed by atoms with Gasteiger partial charge in [-0.25, -0.2) is 9.18 Å². The van der Waals surface area contributed by atoms with Crippen LogP contribution < -0.4 is 5.32 Å². The van der Waals surface area contributed by atoms with Crippen molar-refractivity contribution in [2.45, 2.75) is 6.54 Å². The van der Waals surface area contributed by atoms with Gasteiger partial charge in [0.1, 0.15) is 5.82 Å². The number of carboxylic acids is 1. The maximum atomic E-state index is 13.5. The first-order chi connectivity index (χ1) is 9.66. The number of aromatic carboxylic acids is 1. The highest BCUT2D eigenvalue weighted by atomic mass is 19.1. The third-order valence-electron chi connectivity index (χ3n) is 3.30. The van der Waals surface area contributed by atoms with Crippen LogP contribution in [0.2, 0.25) is 0 Å². The Kier molecular flexibility index (Phi) is 5.46. The SMILES string of the molecule is O=C(O)c1ccc(CNCCN2CCOCC2)cc1F. The molecule has 1 aromatic rings. The Morgan fingerprint density at radius 2 is 2.15 bits per heavy atom. The number of nitrogens with zero attached hydrogens (tertiary/aromatic N) is 1. The van der Waals surface area contributed by atoms with Crippen molar-refractivity contribution in [1.29, 1.82) is 0 Å². The van der Waals surface area contributed by atoms with E-state index >= 15 is 0 Å². The molecule has 2 rings (SSSR count). The van der Waals surface area contributed by atoms with Gasteiger partial charge in [-0.2, -0.15) is 0 Å². The van der Waals surface area contributed by atoms with Crippen molar-refractivity contribution in [2.24, 2.45) is 0 Å². The lowest BCUT2D eigenvalue weighted by molar-refractivity contribution is 0.0384. The van der Waals surface area contributed by atoms with Gasteiger partial charge in [-0.05, 0) is 17.7 Å². The van der Waals surface area contributed by atoms with Gasteiger partial charge in [-0.15, -0.1) is 0 Å². The first-order valence-corrected chi connectivity index (χ1v) is 6.69. The zero-order chi connectivity index (χ0) is 14.4. The van der Waals surface area contributed by atoms with Gasteiger partial charge in [-0.1, -0.05) is 6.07 Å². The molecule has 1 saturated heterocycles. The number of morpholine rings is 1. The minimum Gasteiger partial charge on any atom is -0.478 e. The van der Waals surface area contributed by atoms with Crippen LogP contribution in [-0.2, 0) is 11.3 Å². The lowest BCUT2D eigenvalue weighted by atomic mass is 10.1. The molecular weight excluding hydrogens is 263 g/mol. The Balaban J connectivity index is 1.73. The van der Waals surface area contributed by atoms with Crippen molar-refractivity contribution >= 4 is 5.97 Å². The van der Waals surface area contributed by atoms with E-state index in [2.05, 4.69) is 10.2 Å². The Morgan fingerprint density at radius 3 is 2.80 bits per heavy atom. The van der Waals surface area contributed by atoms with Crippen LogP contribution in [0.3, 0.4) is 0 Å². The van der Waals surface area contributed by atoms with Crippen molar-refractivity contribution in [1.82, 2.24) is 10.2 Å². The molecule has 0 unspecified atom stereocenters. The summed E-state index contributed by atoms with van der Waals surface area (Å²) in [5.74, 6) is -1.93. The summed E-state index contributed by atoms with van der Waals surface area (Å²) in [6.45, 7) is 5.72. The van der Waals surface area contributed by atoms with Gasteiger partial charge in [0.05, 0.1) is 18.8 Å². The summed E-state index contributed by atoms with van der Waals surface area (Å²) in [7, 11) is 0. The van der Waals surface area contributed by atoms with Crippen LogP contribution in [0.4, 0.5) is 4.39 Å². The van der Waals surface area contributed by atoms with Crippen LogP contribution in [0.25, 0.3) is 0 Å². The third kappa shape index (κ3) is 4.26. The number of nitrogens with one attached hydrogen (secondary N) is 1. The predicted molar refractivity (Wildman–Crippen MR) is 72.3 cm³/mol. The molecule has 2 N–H and O–H groups in total. The smallest absolute Gasteiger partial charge is 0.338 e. The van der Waals surface area contributed by atoms with Crippen LogP contribution in [0.5, 0.6) is 0 Å². The van der Waals surface area contributed by atoms with E-state index in [1.165, 1.54) is 12.1 Å². The molecule has 0 atom stereocenters. The summed E-state index contributed by atoms with van der Waals surface area (Å²) in [6, 6.07) is 4.20. The summed E-state index contributed by atoms with van der Waals surface area (Å²) in [5, 5.41) is 12.0. The second kappa shape index (κ2) is 7.33. The number of benzene rings is 1. The summed E-state index contributed by atoms with van der Waals surface area (Å²) >= 11 is 0. The molecule has 1 aliphatic heterocycles. The fourth-order valence-electron chi connectivity index (χ4n) is 2.14. The monoisotopic (exact) mass is 282 g/mol. The van der Waals surface area contributed by atoms with Crippen molar-refractivity contribution < 1.29 is 19.0 Å². The first-order valence-electron chi connectivity index (χ1n) is 6.69. The molecule has 0 bridgehead atoms. The number of carbonyl (C=O) groups is 1. The fraction of sp³-hybridized carbons (Fsp3) is 0.500. The minimum absolute atomic E-state index is 0.290. The topological polar surface area (TPSA) is 61.8 Å². The largest absolute Gasteiger partial charge is 0.478 e. The molecule has 20 heavy (non-hydrogen) atoms. The van der Waals surface area contributed by atoms with Crippen LogP contribution in [0.1, 0.15) is 15.9 Å². The summed E-state index contributed by atoms with van der Waals surface area (Å²) in [5.41, 5.74) is 0.455. The van der Waals surface area contributed by atoms with E-state index in [-0.39, 0.29) is 5.56 Å². The Labute approximate surface area is 117 Å². The summed E-state index contributed by atoms with van der Waals surface area (Å²) in [6.07, 6.45) is 0. The standard InChI is InChI=1S/C14H19FN2O3/c15-13-9-11(1-2-12(13)14(18)19)10-16-3-4-17-5-7-20-8-6-17/h1-2,9,16H,3-8,10H2,(H,18,19). The zero-order valence-corrected chi connectivity index (χ0v) is 11.3. The van der Waals surface area contributed by atoms with Gasteiger partial charge in [0.2, 0.25) is 0 Å². The second-order valence-corrected chi connectivity index (χ2v) is 4.75. The molecule has 0 amide bonds. The van der Waals surface area contributed by atoms with Crippen molar-refractivity contribution in [3.05, 3.63) is 35.1 Å². The highest BCUT2D eigenvalue weighted by molar-refractivity contribution is 5.87. The van der Waals surface area contributed by atoms with E-state index < -0.39 is 11.8 Å². The minimum atomic E-state index is -1.24. The summed E-state index contributed by atoms with van der Waals surface area (Å²) < 4.78 is 18.7. The molecule has 0 aromatic heterocycles. The molecule has 1 aromatic carbocycles. The highest BCUT2D eigenvalue weighted by Gasteiger charge is 2.11. The van der Waals surface area contributed by atoms with Crippen molar-refractivity contribution in [2.75, 3.05) is 39.4 Å². The Morgan fingerprint density at radius 1 is 1.40 bits per heavy atom. The van der Waals surface area contributed by atoms with E-state index in [0.29, 0.717) is 6.54 Å². The Bertz CT molecular complexity index is 462. The normalized spacial score (nSPS) is 16.2. The average molecular weight is 282 g/mol. The number of halogens is 1. The molecule has 0 aliphatic carbocycles. The second-order valence-electron chi connectivity index (χ2n) is 4.75. The van der Waals surface area contributed by atoms with Crippen LogP contribution in [-0.4, -0.2) is 55.4 Å². The molecule has 110 valence electrons. The molecule has 6 heteroatoms. The lowest BCUT2D eigenvalue weighted by Gasteiger charge is -2.26.